The topological polar surface area (TPSA) is 83.8 Å². The molecule has 0 aliphatic heterocycles. The number of aliphatic hydroxyl groups excluding tert-OH is 1. The Bertz CT molecular complexity index is 301. The minimum absolute atomic E-state index is 0.143. The summed E-state index contributed by atoms with van der Waals surface area (Å²) in [5.41, 5.74) is -1.64. The molecule has 0 saturated heterocycles. The van der Waals surface area contributed by atoms with Gasteiger partial charge in [-0.2, -0.15) is 0 Å². The first-order valence-electron chi connectivity index (χ1n) is 6.03. The fourth-order valence-electron chi connectivity index (χ4n) is 2.46. The smallest absolute Gasteiger partial charge is 0.323 e. The van der Waals surface area contributed by atoms with Gasteiger partial charge in [-0.1, -0.05) is 12.8 Å². The maximum atomic E-state index is 11.8. The van der Waals surface area contributed by atoms with Crippen molar-refractivity contribution in [1.82, 2.24) is 0 Å². The summed E-state index contributed by atoms with van der Waals surface area (Å²) in [4.78, 5) is 23.2. The van der Waals surface area contributed by atoms with Crippen molar-refractivity contribution < 1.29 is 24.5 Å². The first-order chi connectivity index (χ1) is 7.94. The van der Waals surface area contributed by atoms with Crippen LogP contribution in [0.3, 0.4) is 0 Å². The average Bonchev–Trinajstić information content (AvgIpc) is 2.28. The van der Waals surface area contributed by atoms with E-state index >= 15 is 0 Å². The zero-order valence-corrected chi connectivity index (χ0v) is 10.3. The number of ether oxygens (including phenoxy) is 1. The number of carbonyl (C=O) groups excluding carboxylic acids is 1. The van der Waals surface area contributed by atoms with Crippen LogP contribution >= 0.6 is 0 Å². The van der Waals surface area contributed by atoms with Gasteiger partial charge in [0.05, 0.1) is 12.7 Å². The Labute approximate surface area is 101 Å². The van der Waals surface area contributed by atoms with E-state index in [2.05, 4.69) is 0 Å². The van der Waals surface area contributed by atoms with Crippen molar-refractivity contribution >= 4 is 11.9 Å². The van der Waals surface area contributed by atoms with Gasteiger partial charge >= 0.3 is 11.9 Å². The molecule has 0 bridgehead atoms. The van der Waals surface area contributed by atoms with Gasteiger partial charge in [-0.15, -0.1) is 0 Å². The molecule has 2 N–H and O–H groups in total. The van der Waals surface area contributed by atoms with E-state index in [-0.39, 0.29) is 6.61 Å². The molecule has 5 heteroatoms. The lowest BCUT2D eigenvalue weighted by molar-refractivity contribution is -0.177. The second kappa shape index (κ2) is 5.49. The first-order valence-corrected chi connectivity index (χ1v) is 6.03. The van der Waals surface area contributed by atoms with Gasteiger partial charge in [0.2, 0.25) is 0 Å². The zero-order valence-electron chi connectivity index (χ0n) is 10.3. The van der Waals surface area contributed by atoms with Crippen LogP contribution in [-0.2, 0) is 14.3 Å². The highest BCUT2D eigenvalue weighted by molar-refractivity contribution is 5.99. The molecule has 0 aromatic rings. The monoisotopic (exact) mass is 244 g/mol. The van der Waals surface area contributed by atoms with E-state index in [1.54, 1.807) is 6.92 Å². The SMILES string of the molecule is CCOC(=O)C(C)(C(=O)O)C1CCCCC1O. The average molecular weight is 244 g/mol. The van der Waals surface area contributed by atoms with Crippen LogP contribution in [0.1, 0.15) is 39.5 Å². The highest BCUT2D eigenvalue weighted by Crippen LogP contribution is 2.40. The Morgan fingerprint density at radius 1 is 1.35 bits per heavy atom. The summed E-state index contributed by atoms with van der Waals surface area (Å²) in [6, 6.07) is 0. The predicted molar refractivity (Wildman–Crippen MR) is 60.3 cm³/mol. The molecule has 1 rings (SSSR count). The standard InChI is InChI=1S/C12H20O5/c1-3-17-11(16)12(2,10(14)15)8-6-4-5-7-9(8)13/h8-9,13H,3-7H2,1-2H3,(H,14,15). The van der Waals surface area contributed by atoms with Crippen LogP contribution < -0.4 is 0 Å². The predicted octanol–water partition coefficient (Wildman–Crippen LogP) is 1.19. The molecular weight excluding hydrogens is 224 g/mol. The van der Waals surface area contributed by atoms with Crippen LogP contribution in [0.4, 0.5) is 0 Å². The molecule has 0 aromatic carbocycles. The van der Waals surface area contributed by atoms with E-state index in [0.717, 1.165) is 12.8 Å². The third-order valence-corrected chi connectivity index (χ3v) is 3.61. The number of carbonyl (C=O) groups is 2. The van der Waals surface area contributed by atoms with E-state index in [1.165, 1.54) is 6.92 Å². The van der Waals surface area contributed by atoms with E-state index in [4.69, 9.17) is 4.74 Å². The Hall–Kier alpha value is -1.10. The highest BCUT2D eigenvalue weighted by Gasteiger charge is 2.52. The minimum Gasteiger partial charge on any atom is -0.480 e. The Morgan fingerprint density at radius 3 is 2.41 bits per heavy atom. The fraction of sp³-hybridized carbons (Fsp3) is 0.833. The summed E-state index contributed by atoms with van der Waals surface area (Å²) in [6.45, 7) is 3.13. The van der Waals surface area contributed by atoms with Gasteiger partial charge in [0.15, 0.2) is 5.41 Å². The van der Waals surface area contributed by atoms with E-state index < -0.39 is 29.4 Å². The molecule has 0 spiro atoms. The number of esters is 1. The summed E-state index contributed by atoms with van der Waals surface area (Å²) in [6.07, 6.45) is 2.06. The summed E-state index contributed by atoms with van der Waals surface area (Å²) in [7, 11) is 0. The van der Waals surface area contributed by atoms with Crippen molar-refractivity contribution in [3.05, 3.63) is 0 Å². The lowest BCUT2D eigenvalue weighted by atomic mass is 9.68. The lowest BCUT2D eigenvalue weighted by Gasteiger charge is -2.37. The van der Waals surface area contributed by atoms with E-state index in [1.807, 2.05) is 0 Å². The van der Waals surface area contributed by atoms with Gasteiger partial charge in [0.25, 0.3) is 0 Å². The van der Waals surface area contributed by atoms with E-state index in [0.29, 0.717) is 12.8 Å². The number of hydrogen-bond donors (Lipinski definition) is 2. The minimum atomic E-state index is -1.64. The number of aliphatic hydroxyl groups is 1. The van der Waals surface area contributed by atoms with Gasteiger partial charge in [-0.25, -0.2) is 0 Å². The van der Waals surface area contributed by atoms with Gasteiger partial charge in [0.1, 0.15) is 0 Å². The van der Waals surface area contributed by atoms with E-state index in [9.17, 15) is 19.8 Å². The van der Waals surface area contributed by atoms with Crippen molar-refractivity contribution in [1.29, 1.82) is 0 Å². The normalized spacial score (nSPS) is 28.2. The third kappa shape index (κ3) is 2.60. The van der Waals surface area contributed by atoms with Crippen LogP contribution in [0.2, 0.25) is 0 Å². The van der Waals surface area contributed by atoms with Crippen LogP contribution in [0.5, 0.6) is 0 Å². The molecule has 0 heterocycles. The van der Waals surface area contributed by atoms with Gasteiger partial charge in [-0.3, -0.25) is 9.59 Å². The molecule has 5 nitrogen and oxygen atoms in total. The van der Waals surface area contributed by atoms with Gasteiger partial charge in [-0.05, 0) is 26.7 Å². The summed E-state index contributed by atoms with van der Waals surface area (Å²) < 4.78 is 4.84. The van der Waals surface area contributed by atoms with Crippen molar-refractivity contribution in [2.75, 3.05) is 6.61 Å². The molecule has 17 heavy (non-hydrogen) atoms. The molecule has 1 aliphatic carbocycles. The molecule has 1 saturated carbocycles. The maximum absolute atomic E-state index is 11.8. The molecule has 0 amide bonds. The van der Waals surface area contributed by atoms with Crippen molar-refractivity contribution in [3.63, 3.8) is 0 Å². The van der Waals surface area contributed by atoms with Crippen molar-refractivity contribution in [3.8, 4) is 0 Å². The van der Waals surface area contributed by atoms with Gasteiger partial charge in [0, 0.05) is 5.92 Å². The second-order valence-corrected chi connectivity index (χ2v) is 4.69. The van der Waals surface area contributed by atoms with Crippen LogP contribution in [0, 0.1) is 11.3 Å². The summed E-state index contributed by atoms with van der Waals surface area (Å²) in [5, 5.41) is 19.2. The highest BCUT2D eigenvalue weighted by atomic mass is 16.5. The molecule has 0 radical (unpaired) electrons. The third-order valence-electron chi connectivity index (χ3n) is 3.61. The number of carboxylic acids is 1. The Morgan fingerprint density at radius 2 is 1.94 bits per heavy atom. The molecule has 1 aliphatic rings. The molecule has 0 aromatic heterocycles. The summed E-state index contributed by atoms with van der Waals surface area (Å²) >= 11 is 0. The van der Waals surface area contributed by atoms with Crippen LogP contribution in [0.15, 0.2) is 0 Å². The van der Waals surface area contributed by atoms with Gasteiger partial charge < -0.3 is 14.9 Å². The molecule has 3 atom stereocenters. The van der Waals surface area contributed by atoms with Crippen molar-refractivity contribution in [2.45, 2.75) is 45.6 Å². The summed E-state index contributed by atoms with van der Waals surface area (Å²) in [5.74, 6) is -2.53. The Kier molecular flexibility index (Phi) is 4.51. The first kappa shape index (κ1) is 14.0. The van der Waals surface area contributed by atoms with Crippen LogP contribution in [-0.4, -0.2) is 34.9 Å². The molecule has 3 unspecified atom stereocenters. The largest absolute Gasteiger partial charge is 0.480 e. The molecular formula is C12H20O5. The second-order valence-electron chi connectivity index (χ2n) is 4.69. The number of hydrogen-bond acceptors (Lipinski definition) is 4. The van der Waals surface area contributed by atoms with Crippen molar-refractivity contribution in [2.24, 2.45) is 11.3 Å². The maximum Gasteiger partial charge on any atom is 0.323 e. The number of carboxylic acid groups (broad SMARTS) is 1. The number of rotatable bonds is 4. The Balaban J connectivity index is 2.97. The molecule has 98 valence electrons. The quantitative estimate of drug-likeness (QED) is 0.573. The van der Waals surface area contributed by atoms with Crippen LogP contribution in [0.25, 0.3) is 0 Å². The number of aliphatic carboxylic acids is 1. The zero-order chi connectivity index (χ0) is 13.1. The fourth-order valence-corrected chi connectivity index (χ4v) is 2.46. The molecule has 1 fully saturated rings. The lowest BCUT2D eigenvalue weighted by Crippen LogP contribution is -2.49.